The second kappa shape index (κ2) is 8.98. The fourth-order valence-corrected chi connectivity index (χ4v) is 1.43. The Labute approximate surface area is 102 Å². The number of rotatable bonds is 6. The molecule has 0 aromatic heterocycles. The molecule has 0 heterocycles. The minimum atomic E-state index is 0. The highest BCUT2D eigenvalue weighted by atomic mass is 35.5. The fourth-order valence-electron chi connectivity index (χ4n) is 1.22. The van der Waals surface area contributed by atoms with Gasteiger partial charge in [0.15, 0.2) is 0 Å². The average Bonchev–Trinajstić information content (AvgIpc) is 2.18. The zero-order valence-electron chi connectivity index (χ0n) is 8.80. The Morgan fingerprint density at radius 2 is 2.20 bits per heavy atom. The molecule has 0 amide bonds. The van der Waals surface area contributed by atoms with E-state index in [9.17, 15) is 0 Å². The van der Waals surface area contributed by atoms with Crippen LogP contribution < -0.4 is 17.7 Å². The number of methoxy groups -OCH3 is 1. The van der Waals surface area contributed by atoms with Crippen LogP contribution >= 0.6 is 11.6 Å². The van der Waals surface area contributed by atoms with Gasteiger partial charge in [0.1, 0.15) is 0 Å². The van der Waals surface area contributed by atoms with Crippen LogP contribution in [0, 0.1) is 0 Å². The van der Waals surface area contributed by atoms with Crippen LogP contribution in [0.15, 0.2) is 24.3 Å². The summed E-state index contributed by atoms with van der Waals surface area (Å²) >= 11 is 5.86. The van der Waals surface area contributed by atoms with E-state index in [4.69, 9.17) is 16.3 Å². The molecule has 1 aromatic rings. The topological polar surface area (TPSA) is 21.3 Å². The molecule has 0 aliphatic carbocycles. The molecule has 1 aromatic carbocycles. The lowest BCUT2D eigenvalue weighted by Crippen LogP contribution is -3.00. The molecule has 1 N–H and O–H groups in total. The van der Waals surface area contributed by atoms with Crippen LogP contribution in [0.4, 0.5) is 0 Å². The summed E-state index contributed by atoms with van der Waals surface area (Å²) in [5.41, 5.74) is 1.22. The van der Waals surface area contributed by atoms with Gasteiger partial charge in [-0.1, -0.05) is 23.7 Å². The van der Waals surface area contributed by atoms with Crippen molar-refractivity contribution in [3.63, 3.8) is 0 Å². The Balaban J connectivity index is 0.00000196. The molecule has 0 saturated carbocycles. The molecule has 0 spiro atoms. The molecule has 0 saturated heterocycles. The van der Waals surface area contributed by atoms with E-state index in [1.54, 1.807) is 7.11 Å². The van der Waals surface area contributed by atoms with Gasteiger partial charge in [0.25, 0.3) is 0 Å². The molecule has 15 heavy (non-hydrogen) atoms. The summed E-state index contributed by atoms with van der Waals surface area (Å²) in [6, 6.07) is 7.89. The van der Waals surface area contributed by atoms with Gasteiger partial charge >= 0.3 is 0 Å². The third-order valence-corrected chi connectivity index (χ3v) is 2.16. The van der Waals surface area contributed by atoms with Crippen molar-refractivity contribution in [3.8, 4) is 0 Å². The van der Waals surface area contributed by atoms with E-state index in [0.29, 0.717) is 0 Å². The van der Waals surface area contributed by atoms with Crippen LogP contribution in [0.2, 0.25) is 5.02 Å². The van der Waals surface area contributed by atoms with Crippen LogP contribution in [0.3, 0.4) is 0 Å². The van der Waals surface area contributed by atoms with Crippen LogP contribution in [-0.2, 0) is 11.3 Å². The first-order chi connectivity index (χ1) is 6.83. The summed E-state index contributed by atoms with van der Waals surface area (Å²) in [4.78, 5) is 0. The third kappa shape index (κ3) is 6.74. The lowest BCUT2D eigenvalue weighted by atomic mass is 10.2. The Hall–Kier alpha value is -0.280. The van der Waals surface area contributed by atoms with Crippen molar-refractivity contribution in [3.05, 3.63) is 34.9 Å². The van der Waals surface area contributed by atoms with Crippen molar-refractivity contribution in [2.24, 2.45) is 0 Å². The van der Waals surface area contributed by atoms with Gasteiger partial charge in [0.2, 0.25) is 0 Å². The van der Waals surface area contributed by atoms with Gasteiger partial charge in [-0.3, -0.25) is 0 Å². The van der Waals surface area contributed by atoms with E-state index in [1.165, 1.54) is 5.56 Å². The van der Waals surface area contributed by atoms with E-state index in [0.717, 1.165) is 31.1 Å². The average molecular weight is 249 g/mol. The maximum atomic E-state index is 5.86. The van der Waals surface area contributed by atoms with Crippen molar-refractivity contribution in [2.45, 2.75) is 13.0 Å². The van der Waals surface area contributed by atoms with Gasteiger partial charge < -0.3 is 22.5 Å². The predicted molar refractivity (Wildman–Crippen MR) is 59.7 cm³/mol. The number of benzene rings is 1. The first-order valence-corrected chi connectivity index (χ1v) is 5.15. The van der Waals surface area contributed by atoms with Crippen molar-refractivity contribution in [1.82, 2.24) is 5.32 Å². The lowest BCUT2D eigenvalue weighted by Gasteiger charge is -2.04. The van der Waals surface area contributed by atoms with Crippen LogP contribution in [0.5, 0.6) is 0 Å². The fraction of sp³-hybridized carbons (Fsp3) is 0.455. The van der Waals surface area contributed by atoms with Crippen LogP contribution in [-0.4, -0.2) is 20.3 Å². The highest BCUT2D eigenvalue weighted by Crippen LogP contribution is 2.09. The highest BCUT2D eigenvalue weighted by molar-refractivity contribution is 6.30. The van der Waals surface area contributed by atoms with E-state index >= 15 is 0 Å². The molecule has 0 atom stereocenters. The van der Waals surface area contributed by atoms with Crippen molar-refractivity contribution in [1.29, 1.82) is 0 Å². The van der Waals surface area contributed by atoms with Gasteiger partial charge in [0.05, 0.1) is 0 Å². The van der Waals surface area contributed by atoms with Gasteiger partial charge in [-0.15, -0.1) is 0 Å². The smallest absolute Gasteiger partial charge is 0.0474 e. The second-order valence-electron chi connectivity index (χ2n) is 3.15. The maximum absolute atomic E-state index is 5.86. The van der Waals surface area contributed by atoms with Gasteiger partial charge in [-0.2, -0.15) is 0 Å². The predicted octanol–water partition coefficient (Wildman–Crippen LogP) is -0.530. The van der Waals surface area contributed by atoms with Gasteiger partial charge in [0, 0.05) is 25.3 Å². The van der Waals surface area contributed by atoms with Crippen molar-refractivity contribution >= 4 is 11.6 Å². The Morgan fingerprint density at radius 1 is 1.40 bits per heavy atom. The summed E-state index contributed by atoms with van der Waals surface area (Å²) < 4.78 is 4.95. The molecule has 0 radical (unpaired) electrons. The molecule has 0 aliphatic heterocycles. The quantitative estimate of drug-likeness (QED) is 0.684. The molecule has 0 bridgehead atoms. The Kier molecular flexibility index (Phi) is 8.82. The first-order valence-electron chi connectivity index (χ1n) is 4.77. The Morgan fingerprint density at radius 3 is 2.87 bits per heavy atom. The van der Waals surface area contributed by atoms with E-state index in [2.05, 4.69) is 11.4 Å². The zero-order chi connectivity index (χ0) is 10.2. The SMILES string of the molecule is COCCCNCc1cccc(Cl)c1.[Cl-]. The molecule has 0 fully saturated rings. The van der Waals surface area contributed by atoms with Gasteiger partial charge in [-0.05, 0) is 30.7 Å². The van der Waals surface area contributed by atoms with Crippen LogP contribution in [0.25, 0.3) is 0 Å². The van der Waals surface area contributed by atoms with Crippen LogP contribution in [0.1, 0.15) is 12.0 Å². The van der Waals surface area contributed by atoms with E-state index in [1.807, 2.05) is 18.2 Å². The standard InChI is InChI=1S/C11H16ClNO.ClH/c1-14-7-3-6-13-9-10-4-2-5-11(12)8-10;/h2,4-5,8,13H,3,6-7,9H2,1H3;1H/p-1. The molecule has 86 valence electrons. The zero-order valence-corrected chi connectivity index (χ0v) is 10.3. The second-order valence-corrected chi connectivity index (χ2v) is 3.59. The van der Waals surface area contributed by atoms with Crippen molar-refractivity contribution < 1.29 is 17.1 Å². The molecule has 1 rings (SSSR count). The minimum absolute atomic E-state index is 0. The normalized spacial score (nSPS) is 9.73. The monoisotopic (exact) mass is 248 g/mol. The summed E-state index contributed by atoms with van der Waals surface area (Å²) in [5.74, 6) is 0. The van der Waals surface area contributed by atoms with Crippen molar-refractivity contribution in [2.75, 3.05) is 20.3 Å². The largest absolute Gasteiger partial charge is 1.00 e. The molecule has 0 unspecified atom stereocenters. The summed E-state index contributed by atoms with van der Waals surface area (Å²) in [6.45, 7) is 2.65. The molecule has 0 aliphatic rings. The number of ether oxygens (including phenoxy) is 1. The third-order valence-electron chi connectivity index (χ3n) is 1.92. The Bertz CT molecular complexity index is 269. The molecule has 4 heteroatoms. The molecule has 2 nitrogen and oxygen atoms in total. The number of hydrogen-bond donors (Lipinski definition) is 1. The maximum Gasteiger partial charge on any atom is 0.0474 e. The lowest BCUT2D eigenvalue weighted by molar-refractivity contribution is -0.00000325. The number of hydrogen-bond acceptors (Lipinski definition) is 2. The minimum Gasteiger partial charge on any atom is -1.00 e. The van der Waals surface area contributed by atoms with E-state index in [-0.39, 0.29) is 12.4 Å². The summed E-state index contributed by atoms with van der Waals surface area (Å²) in [6.07, 6.45) is 1.04. The first kappa shape index (κ1) is 14.7. The number of halogens is 2. The van der Waals surface area contributed by atoms with E-state index < -0.39 is 0 Å². The summed E-state index contributed by atoms with van der Waals surface area (Å²) in [7, 11) is 1.72. The summed E-state index contributed by atoms with van der Waals surface area (Å²) in [5, 5.41) is 4.12. The molecular formula is C11H16Cl2NO-. The highest BCUT2D eigenvalue weighted by Gasteiger charge is 1.93. The molecular weight excluding hydrogens is 233 g/mol. The van der Waals surface area contributed by atoms with Gasteiger partial charge in [-0.25, -0.2) is 0 Å². The number of nitrogens with one attached hydrogen (secondary N) is 1.